The van der Waals surface area contributed by atoms with E-state index in [1.54, 1.807) is 5.01 Å². The van der Waals surface area contributed by atoms with E-state index in [0.29, 0.717) is 0 Å². The largest absolute Gasteiger partial charge is 0.273 e. The lowest BCUT2D eigenvalue weighted by Gasteiger charge is -2.33. The van der Waals surface area contributed by atoms with Crippen molar-refractivity contribution >= 4 is 12.6 Å². The maximum Gasteiger partial charge on any atom is 0.245 e. The summed E-state index contributed by atoms with van der Waals surface area (Å²) < 4.78 is 0. The van der Waals surface area contributed by atoms with Crippen LogP contribution < -0.4 is 0 Å². The van der Waals surface area contributed by atoms with Crippen molar-refractivity contribution in [3.63, 3.8) is 0 Å². The lowest BCUT2D eigenvalue weighted by atomic mass is 9.87. The summed E-state index contributed by atoms with van der Waals surface area (Å²) >= 11 is 0. The summed E-state index contributed by atoms with van der Waals surface area (Å²) in [7, 11) is 0. The van der Waals surface area contributed by atoms with Crippen molar-refractivity contribution < 1.29 is 4.79 Å². The molecule has 0 saturated heterocycles. The fourth-order valence-corrected chi connectivity index (χ4v) is 2.25. The zero-order chi connectivity index (χ0) is 12.1. The Balaban J connectivity index is 2.60. The minimum atomic E-state index is 0.0600. The van der Waals surface area contributed by atoms with Crippen molar-refractivity contribution in [3.8, 4) is 0 Å². The lowest BCUT2D eigenvalue weighted by Crippen LogP contribution is -2.40. The van der Waals surface area contributed by atoms with Gasteiger partial charge in [0.1, 0.15) is 0 Å². The predicted octanol–water partition coefficient (Wildman–Crippen LogP) is 3.06. The van der Waals surface area contributed by atoms with E-state index in [2.05, 4.69) is 18.7 Å². The number of rotatable bonds is 4. The maximum absolute atomic E-state index is 12.1. The Kier molecular flexibility index (Phi) is 4.97. The van der Waals surface area contributed by atoms with Gasteiger partial charge in [-0.25, -0.2) is 5.01 Å². The Morgan fingerprint density at radius 1 is 1.44 bits per heavy atom. The first kappa shape index (κ1) is 13.2. The first-order chi connectivity index (χ1) is 7.60. The molecule has 1 aliphatic rings. The SMILES string of the molecule is C=NN(C(=O)C(C)CC)C1CCC(C)CC1. The Hall–Kier alpha value is -0.860. The highest BCUT2D eigenvalue weighted by molar-refractivity contribution is 5.78. The summed E-state index contributed by atoms with van der Waals surface area (Å²) in [4.78, 5) is 12.1. The van der Waals surface area contributed by atoms with Crippen molar-refractivity contribution in [2.24, 2.45) is 16.9 Å². The second-order valence-corrected chi connectivity index (χ2v) is 5.05. The molecule has 1 aliphatic carbocycles. The van der Waals surface area contributed by atoms with Gasteiger partial charge in [0.15, 0.2) is 0 Å². The summed E-state index contributed by atoms with van der Waals surface area (Å²) in [6.07, 6.45) is 5.41. The average molecular weight is 224 g/mol. The monoisotopic (exact) mass is 224 g/mol. The van der Waals surface area contributed by atoms with Crippen LogP contribution in [0, 0.1) is 11.8 Å². The molecule has 0 N–H and O–H groups in total. The van der Waals surface area contributed by atoms with E-state index in [1.807, 2.05) is 13.8 Å². The van der Waals surface area contributed by atoms with E-state index in [0.717, 1.165) is 25.2 Å². The molecule has 0 radical (unpaired) electrons. The van der Waals surface area contributed by atoms with Crippen LogP contribution in [0.2, 0.25) is 0 Å². The van der Waals surface area contributed by atoms with Crippen LogP contribution in [0.5, 0.6) is 0 Å². The van der Waals surface area contributed by atoms with Crippen molar-refractivity contribution in [2.75, 3.05) is 0 Å². The first-order valence-electron chi connectivity index (χ1n) is 6.39. The van der Waals surface area contributed by atoms with Crippen molar-refractivity contribution in [3.05, 3.63) is 0 Å². The number of amides is 1. The van der Waals surface area contributed by atoms with E-state index >= 15 is 0 Å². The van der Waals surface area contributed by atoms with Crippen LogP contribution in [-0.2, 0) is 4.79 Å². The van der Waals surface area contributed by atoms with Crippen LogP contribution in [0.15, 0.2) is 5.10 Å². The third-order valence-corrected chi connectivity index (χ3v) is 3.74. The number of nitrogens with zero attached hydrogens (tertiary/aromatic N) is 2. The molecule has 1 rings (SSSR count). The quantitative estimate of drug-likeness (QED) is 0.533. The molecule has 0 aromatic rings. The molecule has 3 heteroatoms. The minimum Gasteiger partial charge on any atom is -0.273 e. The van der Waals surface area contributed by atoms with Gasteiger partial charge in [0.25, 0.3) is 0 Å². The molecule has 92 valence electrons. The fourth-order valence-electron chi connectivity index (χ4n) is 2.25. The maximum atomic E-state index is 12.1. The van der Waals surface area contributed by atoms with E-state index < -0.39 is 0 Å². The molecule has 16 heavy (non-hydrogen) atoms. The van der Waals surface area contributed by atoms with Crippen LogP contribution in [0.3, 0.4) is 0 Å². The average Bonchev–Trinajstić information content (AvgIpc) is 2.31. The second-order valence-electron chi connectivity index (χ2n) is 5.05. The molecule has 0 aliphatic heterocycles. The van der Waals surface area contributed by atoms with Crippen molar-refractivity contribution in [1.82, 2.24) is 5.01 Å². The normalized spacial score (nSPS) is 27.2. The summed E-state index contributed by atoms with van der Waals surface area (Å²) in [5.74, 6) is 0.989. The highest BCUT2D eigenvalue weighted by Gasteiger charge is 2.28. The summed E-state index contributed by atoms with van der Waals surface area (Å²) in [5, 5.41) is 5.58. The molecule has 0 spiro atoms. The van der Waals surface area contributed by atoms with Crippen LogP contribution in [0.1, 0.15) is 52.9 Å². The van der Waals surface area contributed by atoms with Crippen molar-refractivity contribution in [1.29, 1.82) is 0 Å². The molecule has 1 saturated carbocycles. The number of hydrazone groups is 1. The van der Waals surface area contributed by atoms with Crippen LogP contribution >= 0.6 is 0 Å². The molecule has 1 fully saturated rings. The summed E-state index contributed by atoms with van der Waals surface area (Å²) in [6.45, 7) is 9.82. The highest BCUT2D eigenvalue weighted by atomic mass is 16.2. The molecule has 0 aromatic carbocycles. The Bertz CT molecular complexity index is 244. The Morgan fingerprint density at radius 2 is 2.00 bits per heavy atom. The topological polar surface area (TPSA) is 32.7 Å². The van der Waals surface area contributed by atoms with Gasteiger partial charge in [0.2, 0.25) is 5.91 Å². The summed E-state index contributed by atoms with van der Waals surface area (Å²) in [6, 6.07) is 0.287. The molecule has 0 bridgehead atoms. The van der Waals surface area contributed by atoms with E-state index in [1.165, 1.54) is 12.8 Å². The first-order valence-corrected chi connectivity index (χ1v) is 6.39. The lowest BCUT2D eigenvalue weighted by molar-refractivity contribution is -0.138. The third kappa shape index (κ3) is 3.06. The molecule has 1 atom stereocenters. The predicted molar refractivity (Wildman–Crippen MR) is 67.3 cm³/mol. The van der Waals surface area contributed by atoms with Gasteiger partial charge in [-0.05, 0) is 38.0 Å². The number of carbonyl (C=O) groups is 1. The van der Waals surface area contributed by atoms with E-state index in [9.17, 15) is 4.79 Å². The third-order valence-electron chi connectivity index (χ3n) is 3.74. The summed E-state index contributed by atoms with van der Waals surface area (Å²) in [5.41, 5.74) is 0. The van der Waals surface area contributed by atoms with Gasteiger partial charge in [-0.2, -0.15) is 5.10 Å². The van der Waals surface area contributed by atoms with Gasteiger partial charge in [0, 0.05) is 12.6 Å². The molecule has 3 nitrogen and oxygen atoms in total. The van der Waals surface area contributed by atoms with Gasteiger partial charge >= 0.3 is 0 Å². The second kappa shape index (κ2) is 6.02. The molecule has 1 amide bonds. The molecule has 0 aromatic heterocycles. The molecular weight excluding hydrogens is 200 g/mol. The highest BCUT2D eigenvalue weighted by Crippen LogP contribution is 2.28. The fraction of sp³-hybridized carbons (Fsp3) is 0.846. The zero-order valence-electron chi connectivity index (χ0n) is 10.8. The van der Waals surface area contributed by atoms with Gasteiger partial charge in [0.05, 0.1) is 6.04 Å². The standard InChI is InChI=1S/C13H24N2O/c1-5-11(3)13(16)15(14-4)12-8-6-10(2)7-9-12/h10-12H,4-9H2,1-3H3. The van der Waals surface area contributed by atoms with Crippen LogP contribution in [0.25, 0.3) is 0 Å². The van der Waals surface area contributed by atoms with Crippen molar-refractivity contribution in [2.45, 2.75) is 58.9 Å². The van der Waals surface area contributed by atoms with Gasteiger partial charge in [-0.1, -0.05) is 20.8 Å². The van der Waals surface area contributed by atoms with Gasteiger partial charge < -0.3 is 0 Å². The smallest absolute Gasteiger partial charge is 0.245 e. The van der Waals surface area contributed by atoms with Gasteiger partial charge in [-0.15, -0.1) is 0 Å². The van der Waals surface area contributed by atoms with E-state index in [4.69, 9.17) is 0 Å². The molecule has 1 unspecified atom stereocenters. The van der Waals surface area contributed by atoms with Gasteiger partial charge in [-0.3, -0.25) is 4.79 Å². The van der Waals surface area contributed by atoms with E-state index in [-0.39, 0.29) is 17.9 Å². The Labute approximate surface area is 98.9 Å². The van der Waals surface area contributed by atoms with Crippen LogP contribution in [0.4, 0.5) is 0 Å². The number of carbonyl (C=O) groups excluding carboxylic acids is 1. The number of hydrogen-bond donors (Lipinski definition) is 0. The van der Waals surface area contributed by atoms with Crippen LogP contribution in [-0.4, -0.2) is 23.7 Å². The zero-order valence-corrected chi connectivity index (χ0v) is 10.8. The molecule has 0 heterocycles. The number of hydrogen-bond acceptors (Lipinski definition) is 2. The minimum absolute atomic E-state index is 0.0600. The molecular formula is C13H24N2O. The Morgan fingerprint density at radius 3 is 2.44 bits per heavy atom.